The lowest BCUT2D eigenvalue weighted by molar-refractivity contribution is 0.0136. The largest absolute Gasteiger partial charge is 0.390 e. The van der Waals surface area contributed by atoms with E-state index in [9.17, 15) is 9.50 Å². The molecule has 1 N–H and O–H groups in total. The van der Waals surface area contributed by atoms with Crippen molar-refractivity contribution in [3.8, 4) is 11.1 Å². The van der Waals surface area contributed by atoms with Crippen LogP contribution in [0.4, 0.5) is 4.39 Å². The molecule has 0 spiro atoms. The number of halogens is 2. The molecule has 2 unspecified atom stereocenters. The maximum Gasteiger partial charge on any atom is 0.158 e. The third kappa shape index (κ3) is 3.04. The molecule has 2 atom stereocenters. The van der Waals surface area contributed by atoms with Crippen LogP contribution in [0.25, 0.3) is 11.1 Å². The molecule has 0 radical (unpaired) electrons. The van der Waals surface area contributed by atoms with E-state index in [1.807, 2.05) is 36.4 Å². The second kappa shape index (κ2) is 5.43. The molecular formula is C16H16BrFO. The van der Waals surface area contributed by atoms with Crippen LogP contribution in [0.3, 0.4) is 0 Å². The Morgan fingerprint density at radius 3 is 1.84 bits per heavy atom. The molecule has 100 valence electrons. The van der Waals surface area contributed by atoms with Crippen molar-refractivity contribution in [3.63, 3.8) is 0 Å². The molecule has 0 amide bonds. The number of aliphatic hydroxyl groups is 1. The van der Waals surface area contributed by atoms with Gasteiger partial charge in [0.1, 0.15) is 0 Å². The van der Waals surface area contributed by atoms with Gasteiger partial charge in [0.05, 0.1) is 6.10 Å². The van der Waals surface area contributed by atoms with E-state index in [1.165, 1.54) is 13.8 Å². The predicted octanol–water partition coefficient (Wildman–Crippen LogP) is 4.68. The van der Waals surface area contributed by atoms with E-state index in [4.69, 9.17) is 0 Å². The molecule has 0 aliphatic heterocycles. The van der Waals surface area contributed by atoms with E-state index in [0.717, 1.165) is 15.6 Å². The van der Waals surface area contributed by atoms with Gasteiger partial charge in [-0.05, 0) is 42.7 Å². The molecule has 0 bridgehead atoms. The van der Waals surface area contributed by atoms with E-state index in [0.29, 0.717) is 5.56 Å². The first-order valence-corrected chi connectivity index (χ1v) is 6.94. The molecule has 2 rings (SSSR count). The minimum atomic E-state index is -1.72. The van der Waals surface area contributed by atoms with Gasteiger partial charge in [0.25, 0.3) is 0 Å². The molecule has 0 saturated heterocycles. The summed E-state index contributed by atoms with van der Waals surface area (Å²) in [5, 5.41) is 9.47. The Hall–Kier alpha value is -1.19. The van der Waals surface area contributed by atoms with Gasteiger partial charge < -0.3 is 5.11 Å². The van der Waals surface area contributed by atoms with E-state index in [1.54, 1.807) is 12.1 Å². The summed E-state index contributed by atoms with van der Waals surface area (Å²) in [6.07, 6.45) is -1.04. The van der Waals surface area contributed by atoms with Crippen LogP contribution < -0.4 is 0 Å². The second-order valence-electron chi connectivity index (χ2n) is 4.84. The van der Waals surface area contributed by atoms with Gasteiger partial charge in [-0.25, -0.2) is 4.39 Å². The first kappa shape index (κ1) is 14.2. The van der Waals surface area contributed by atoms with Crippen LogP contribution in [0.2, 0.25) is 0 Å². The normalized spacial score (nSPS) is 15.8. The fourth-order valence-electron chi connectivity index (χ4n) is 1.87. The van der Waals surface area contributed by atoms with Gasteiger partial charge in [-0.2, -0.15) is 0 Å². The molecule has 0 aliphatic rings. The predicted molar refractivity (Wildman–Crippen MR) is 79.7 cm³/mol. The Morgan fingerprint density at radius 1 is 1.00 bits per heavy atom. The van der Waals surface area contributed by atoms with E-state index in [2.05, 4.69) is 15.9 Å². The smallest absolute Gasteiger partial charge is 0.158 e. The average molecular weight is 323 g/mol. The van der Waals surface area contributed by atoms with Gasteiger partial charge in [-0.3, -0.25) is 0 Å². The Bertz CT molecular complexity index is 544. The SMILES string of the molecule is CC(O)C(C)(F)c1ccc(-c2ccc(Br)cc2)cc1. The highest BCUT2D eigenvalue weighted by molar-refractivity contribution is 9.10. The Morgan fingerprint density at radius 2 is 1.42 bits per heavy atom. The first-order valence-electron chi connectivity index (χ1n) is 6.14. The monoisotopic (exact) mass is 322 g/mol. The van der Waals surface area contributed by atoms with Crippen molar-refractivity contribution >= 4 is 15.9 Å². The molecule has 0 heterocycles. The van der Waals surface area contributed by atoms with Crippen molar-refractivity contribution in [2.45, 2.75) is 25.6 Å². The topological polar surface area (TPSA) is 20.2 Å². The molecule has 0 saturated carbocycles. The number of rotatable bonds is 3. The van der Waals surface area contributed by atoms with Crippen molar-refractivity contribution in [3.05, 3.63) is 58.6 Å². The fourth-order valence-corrected chi connectivity index (χ4v) is 2.14. The van der Waals surface area contributed by atoms with E-state index in [-0.39, 0.29) is 0 Å². The van der Waals surface area contributed by atoms with E-state index >= 15 is 0 Å². The van der Waals surface area contributed by atoms with Crippen LogP contribution >= 0.6 is 15.9 Å². The van der Waals surface area contributed by atoms with Crippen LogP contribution in [0.5, 0.6) is 0 Å². The zero-order chi connectivity index (χ0) is 14.0. The van der Waals surface area contributed by atoms with Crippen molar-refractivity contribution < 1.29 is 9.50 Å². The highest BCUT2D eigenvalue weighted by atomic mass is 79.9. The Balaban J connectivity index is 2.31. The van der Waals surface area contributed by atoms with Gasteiger partial charge in [0, 0.05) is 4.47 Å². The van der Waals surface area contributed by atoms with Gasteiger partial charge in [-0.1, -0.05) is 52.3 Å². The lowest BCUT2D eigenvalue weighted by Gasteiger charge is -2.24. The molecule has 0 aliphatic carbocycles. The van der Waals surface area contributed by atoms with Crippen molar-refractivity contribution in [2.75, 3.05) is 0 Å². The average Bonchev–Trinajstić information content (AvgIpc) is 2.39. The van der Waals surface area contributed by atoms with E-state index < -0.39 is 11.8 Å². The zero-order valence-corrected chi connectivity index (χ0v) is 12.5. The number of alkyl halides is 1. The van der Waals surface area contributed by atoms with Gasteiger partial charge >= 0.3 is 0 Å². The maximum absolute atomic E-state index is 14.3. The molecule has 0 fully saturated rings. The van der Waals surface area contributed by atoms with Crippen LogP contribution in [0, 0.1) is 0 Å². The lowest BCUT2D eigenvalue weighted by atomic mass is 9.91. The number of hydrogen-bond acceptors (Lipinski definition) is 1. The van der Waals surface area contributed by atoms with Crippen LogP contribution in [0.1, 0.15) is 19.4 Å². The van der Waals surface area contributed by atoms with Crippen LogP contribution in [-0.2, 0) is 5.67 Å². The molecule has 2 aromatic rings. The third-order valence-corrected chi connectivity index (χ3v) is 3.94. The lowest BCUT2D eigenvalue weighted by Crippen LogP contribution is -2.29. The number of benzene rings is 2. The second-order valence-corrected chi connectivity index (χ2v) is 5.75. The zero-order valence-electron chi connectivity index (χ0n) is 10.9. The van der Waals surface area contributed by atoms with Crippen molar-refractivity contribution in [1.29, 1.82) is 0 Å². The molecular weight excluding hydrogens is 307 g/mol. The summed E-state index contributed by atoms with van der Waals surface area (Å²) in [4.78, 5) is 0. The van der Waals surface area contributed by atoms with Crippen LogP contribution in [-0.4, -0.2) is 11.2 Å². The molecule has 0 aromatic heterocycles. The van der Waals surface area contributed by atoms with Crippen molar-refractivity contribution in [2.24, 2.45) is 0 Å². The fraction of sp³-hybridized carbons (Fsp3) is 0.250. The van der Waals surface area contributed by atoms with Crippen molar-refractivity contribution in [1.82, 2.24) is 0 Å². The highest BCUT2D eigenvalue weighted by Crippen LogP contribution is 2.31. The quantitative estimate of drug-likeness (QED) is 0.869. The Kier molecular flexibility index (Phi) is 4.07. The van der Waals surface area contributed by atoms with Crippen LogP contribution in [0.15, 0.2) is 53.0 Å². The summed E-state index contributed by atoms with van der Waals surface area (Å²) >= 11 is 3.39. The minimum absolute atomic E-state index is 0.489. The summed E-state index contributed by atoms with van der Waals surface area (Å²) in [5.41, 5.74) is 0.867. The molecule has 2 aromatic carbocycles. The van der Waals surface area contributed by atoms with Gasteiger partial charge in [0.2, 0.25) is 0 Å². The first-order chi connectivity index (χ1) is 8.91. The summed E-state index contributed by atoms with van der Waals surface area (Å²) in [6.45, 7) is 2.86. The summed E-state index contributed by atoms with van der Waals surface area (Å²) in [5.74, 6) is 0. The number of aliphatic hydroxyl groups excluding tert-OH is 1. The minimum Gasteiger partial charge on any atom is -0.390 e. The molecule has 19 heavy (non-hydrogen) atoms. The highest BCUT2D eigenvalue weighted by Gasteiger charge is 2.31. The molecule has 1 nitrogen and oxygen atoms in total. The standard InChI is InChI=1S/C16H16BrFO/c1-11(19)16(2,18)14-7-3-12(4-8-14)13-5-9-15(17)10-6-13/h3-11,19H,1-2H3. The van der Waals surface area contributed by atoms with Gasteiger partial charge in [-0.15, -0.1) is 0 Å². The maximum atomic E-state index is 14.3. The van der Waals surface area contributed by atoms with Gasteiger partial charge in [0.15, 0.2) is 5.67 Å². The Labute approximate surface area is 121 Å². The number of hydrogen-bond donors (Lipinski definition) is 1. The molecule has 3 heteroatoms. The summed E-state index contributed by atoms with van der Waals surface area (Å²) in [7, 11) is 0. The third-order valence-electron chi connectivity index (χ3n) is 3.41. The summed E-state index contributed by atoms with van der Waals surface area (Å²) < 4.78 is 15.3. The summed E-state index contributed by atoms with van der Waals surface area (Å²) in [6, 6.07) is 15.1.